The van der Waals surface area contributed by atoms with E-state index in [1.807, 2.05) is 25.1 Å². The molecule has 1 heterocycles. The summed E-state index contributed by atoms with van der Waals surface area (Å²) in [4.78, 5) is 41.6. The van der Waals surface area contributed by atoms with Gasteiger partial charge in [-0.15, -0.1) is 0 Å². The molecule has 3 aromatic carbocycles. The van der Waals surface area contributed by atoms with Gasteiger partial charge in [0.25, 0.3) is 11.2 Å². The summed E-state index contributed by atoms with van der Waals surface area (Å²) in [5.74, 6) is 0. The van der Waals surface area contributed by atoms with E-state index in [9.17, 15) is 19.7 Å². The predicted molar refractivity (Wildman–Crippen MR) is 123 cm³/mol. The summed E-state index contributed by atoms with van der Waals surface area (Å²) in [6.45, 7) is 1.94. The molecule has 10 heteroatoms. The normalized spacial score (nSPS) is 10.5. The van der Waals surface area contributed by atoms with Crippen LogP contribution in [0.3, 0.4) is 0 Å². The van der Waals surface area contributed by atoms with Crippen molar-refractivity contribution < 1.29 is 9.72 Å². The van der Waals surface area contributed by atoms with Crippen molar-refractivity contribution in [1.82, 2.24) is 9.97 Å². The Morgan fingerprint density at radius 1 is 1.00 bits per heavy atom. The summed E-state index contributed by atoms with van der Waals surface area (Å²) in [5, 5.41) is 19.9. The van der Waals surface area contributed by atoms with Crippen LogP contribution in [0.1, 0.15) is 5.56 Å². The lowest BCUT2D eigenvalue weighted by Crippen LogP contribution is -2.19. The topological polar surface area (TPSA) is 142 Å². The number of benzene rings is 3. The first-order chi connectivity index (χ1) is 15.4. The summed E-state index contributed by atoms with van der Waals surface area (Å²) in [6, 6.07) is 16.6. The Labute approximate surface area is 181 Å². The smallest absolute Gasteiger partial charge is 0.323 e. The number of nitro benzene ring substituents is 1. The number of hydrogen-bond donors (Lipinski definition) is 4. The van der Waals surface area contributed by atoms with Gasteiger partial charge in [0.05, 0.1) is 22.3 Å². The average molecular weight is 430 g/mol. The number of aromatic nitrogens is 2. The first-order valence-electron chi connectivity index (χ1n) is 9.57. The van der Waals surface area contributed by atoms with Crippen molar-refractivity contribution in [3.8, 4) is 0 Å². The molecule has 160 valence electrons. The van der Waals surface area contributed by atoms with Crippen LogP contribution in [0, 0.1) is 17.0 Å². The number of nitro groups is 1. The summed E-state index contributed by atoms with van der Waals surface area (Å²) in [6.07, 6.45) is 1.13. The number of rotatable bonds is 5. The van der Waals surface area contributed by atoms with Crippen molar-refractivity contribution in [3.63, 3.8) is 0 Å². The summed E-state index contributed by atoms with van der Waals surface area (Å²) < 4.78 is 0. The van der Waals surface area contributed by atoms with E-state index in [0.29, 0.717) is 22.7 Å². The number of non-ortho nitro benzene ring substituents is 1. The Balaban J connectivity index is 1.51. The van der Waals surface area contributed by atoms with Crippen LogP contribution >= 0.6 is 0 Å². The molecule has 0 spiro atoms. The Morgan fingerprint density at radius 3 is 2.44 bits per heavy atom. The van der Waals surface area contributed by atoms with Crippen LogP contribution in [0.25, 0.3) is 10.9 Å². The lowest BCUT2D eigenvalue weighted by molar-refractivity contribution is -0.383. The number of aromatic amines is 1. The van der Waals surface area contributed by atoms with Crippen molar-refractivity contribution in [3.05, 3.63) is 93.0 Å². The van der Waals surface area contributed by atoms with Gasteiger partial charge in [-0.2, -0.15) is 0 Å². The minimum atomic E-state index is -0.583. The molecule has 0 radical (unpaired) electrons. The fourth-order valence-corrected chi connectivity index (χ4v) is 3.23. The lowest BCUT2D eigenvalue weighted by atomic mass is 10.1. The third kappa shape index (κ3) is 4.38. The van der Waals surface area contributed by atoms with E-state index in [2.05, 4.69) is 25.9 Å². The van der Waals surface area contributed by atoms with Crippen LogP contribution in [0.4, 0.5) is 33.2 Å². The van der Waals surface area contributed by atoms with Crippen molar-refractivity contribution in [1.29, 1.82) is 0 Å². The fourth-order valence-electron chi connectivity index (χ4n) is 3.23. The van der Waals surface area contributed by atoms with Crippen molar-refractivity contribution >= 4 is 45.4 Å². The number of anilines is 4. The van der Waals surface area contributed by atoms with E-state index >= 15 is 0 Å². The molecule has 4 N–H and O–H groups in total. The number of aryl methyl sites for hydroxylation is 1. The molecule has 0 aliphatic rings. The molecule has 1 aromatic heterocycles. The molecule has 0 unspecified atom stereocenters. The molecule has 4 aromatic rings. The van der Waals surface area contributed by atoms with E-state index < -0.39 is 10.5 Å². The number of hydrogen-bond acceptors (Lipinski definition) is 6. The van der Waals surface area contributed by atoms with Crippen LogP contribution in [-0.4, -0.2) is 20.9 Å². The molecule has 0 fully saturated rings. The van der Waals surface area contributed by atoms with Crippen LogP contribution in [0.15, 0.2) is 71.8 Å². The number of nitrogens with zero attached hydrogens (tertiary/aromatic N) is 2. The highest BCUT2D eigenvalue weighted by atomic mass is 16.6. The zero-order chi connectivity index (χ0) is 22.7. The molecule has 0 saturated carbocycles. The van der Waals surface area contributed by atoms with Gasteiger partial charge >= 0.3 is 6.03 Å². The largest absolute Gasteiger partial charge is 0.355 e. The Hall–Kier alpha value is -4.73. The van der Waals surface area contributed by atoms with Crippen LogP contribution in [0.5, 0.6) is 0 Å². The standard InChI is InChI=1S/C22H18N6O4/c1-13-3-2-4-16(11-13)27-22(30)26-15-7-5-14(6-8-15)25-17-9-10-18(28(31)32)20-19(17)21(29)24-12-23-20/h2-12,25H,1H3,(H,23,24,29)(H2,26,27,30). The van der Waals surface area contributed by atoms with Crippen LogP contribution in [-0.2, 0) is 0 Å². The number of amides is 2. The van der Waals surface area contributed by atoms with Gasteiger partial charge in [-0.3, -0.25) is 14.9 Å². The number of urea groups is 1. The summed E-state index contributed by atoms with van der Waals surface area (Å²) >= 11 is 0. The van der Waals surface area contributed by atoms with Gasteiger partial charge in [0, 0.05) is 23.1 Å². The van der Waals surface area contributed by atoms with Gasteiger partial charge in [0.15, 0.2) is 5.52 Å². The highest BCUT2D eigenvalue weighted by Crippen LogP contribution is 2.29. The van der Waals surface area contributed by atoms with E-state index in [0.717, 1.165) is 11.9 Å². The highest BCUT2D eigenvalue weighted by Gasteiger charge is 2.18. The van der Waals surface area contributed by atoms with E-state index in [1.54, 1.807) is 30.3 Å². The van der Waals surface area contributed by atoms with Crippen molar-refractivity contribution in [2.45, 2.75) is 6.92 Å². The Kier molecular flexibility index (Phi) is 5.49. The van der Waals surface area contributed by atoms with E-state index in [4.69, 9.17) is 0 Å². The van der Waals surface area contributed by atoms with Gasteiger partial charge in [-0.1, -0.05) is 12.1 Å². The number of carbonyl (C=O) groups is 1. The van der Waals surface area contributed by atoms with Gasteiger partial charge < -0.3 is 20.9 Å². The third-order valence-corrected chi connectivity index (χ3v) is 4.67. The van der Waals surface area contributed by atoms with Crippen LogP contribution < -0.4 is 21.5 Å². The minimum absolute atomic E-state index is 0.00476. The maximum absolute atomic E-state index is 12.3. The fraction of sp³-hybridized carbons (Fsp3) is 0.0455. The van der Waals surface area contributed by atoms with Gasteiger partial charge in [-0.25, -0.2) is 9.78 Å². The number of nitrogens with one attached hydrogen (secondary N) is 4. The van der Waals surface area contributed by atoms with Gasteiger partial charge in [-0.05, 0) is 55.0 Å². The van der Waals surface area contributed by atoms with Crippen LogP contribution in [0.2, 0.25) is 0 Å². The molecule has 0 aliphatic heterocycles. The Morgan fingerprint density at radius 2 is 1.72 bits per heavy atom. The van der Waals surface area contributed by atoms with Gasteiger partial charge in [0.2, 0.25) is 0 Å². The third-order valence-electron chi connectivity index (χ3n) is 4.67. The van der Waals surface area contributed by atoms with E-state index in [-0.39, 0.29) is 22.6 Å². The highest BCUT2D eigenvalue weighted by molar-refractivity contribution is 6.00. The van der Waals surface area contributed by atoms with Crippen molar-refractivity contribution in [2.75, 3.05) is 16.0 Å². The molecule has 32 heavy (non-hydrogen) atoms. The summed E-state index contributed by atoms with van der Waals surface area (Å²) in [7, 11) is 0. The first-order valence-corrected chi connectivity index (χ1v) is 9.57. The predicted octanol–water partition coefficient (Wildman–Crippen LogP) is 4.53. The molecule has 2 amide bonds. The number of fused-ring (bicyclic) bond motifs is 1. The SMILES string of the molecule is Cc1cccc(NC(=O)Nc2ccc(Nc3ccc([N+](=O)[O-])c4nc[nH]c(=O)c34)cc2)c1. The number of H-pyrrole nitrogens is 1. The molecule has 0 saturated heterocycles. The Bertz CT molecular complexity index is 1380. The van der Waals surface area contributed by atoms with E-state index in [1.165, 1.54) is 12.1 Å². The maximum Gasteiger partial charge on any atom is 0.323 e. The monoisotopic (exact) mass is 430 g/mol. The van der Waals surface area contributed by atoms with Crippen molar-refractivity contribution in [2.24, 2.45) is 0 Å². The molecule has 0 bridgehead atoms. The molecule has 0 atom stereocenters. The average Bonchev–Trinajstić information content (AvgIpc) is 2.75. The second-order valence-electron chi connectivity index (χ2n) is 7.00. The quantitative estimate of drug-likeness (QED) is 0.271. The van der Waals surface area contributed by atoms with Gasteiger partial charge in [0.1, 0.15) is 0 Å². The lowest BCUT2D eigenvalue weighted by Gasteiger charge is -2.11. The second kappa shape index (κ2) is 8.56. The maximum atomic E-state index is 12.3. The second-order valence-corrected chi connectivity index (χ2v) is 7.00. The molecule has 0 aliphatic carbocycles. The minimum Gasteiger partial charge on any atom is -0.355 e. The molecule has 4 rings (SSSR count). The zero-order valence-corrected chi connectivity index (χ0v) is 16.9. The molecular weight excluding hydrogens is 412 g/mol. The number of carbonyl (C=O) groups excluding carboxylic acids is 1. The summed E-state index contributed by atoms with van der Waals surface area (Å²) in [5.41, 5.74) is 2.52. The molecular formula is C22H18N6O4. The first kappa shape index (κ1) is 20.5. The molecule has 10 nitrogen and oxygen atoms in total. The zero-order valence-electron chi connectivity index (χ0n) is 16.9.